The van der Waals surface area contributed by atoms with Gasteiger partial charge in [0.05, 0.1) is 13.2 Å². The minimum Gasteiger partial charge on any atom is -0.496 e. The average Bonchev–Trinajstić information content (AvgIpc) is 2.45. The monoisotopic (exact) mass is 293 g/mol. The summed E-state index contributed by atoms with van der Waals surface area (Å²) in [6.45, 7) is 7.39. The Bertz CT molecular complexity index is 407. The van der Waals surface area contributed by atoms with Crippen molar-refractivity contribution in [3.05, 3.63) is 29.8 Å². The molecule has 0 saturated carbocycles. The predicted molar refractivity (Wildman–Crippen MR) is 89.8 cm³/mol. The number of hydrogen-bond donors (Lipinski definition) is 1. The Labute approximate surface area is 129 Å². The number of benzene rings is 1. The van der Waals surface area contributed by atoms with E-state index in [0.29, 0.717) is 0 Å². The number of likely N-dealkylation sites (N-methyl/N-ethyl adjacent to an activating group) is 1. The summed E-state index contributed by atoms with van der Waals surface area (Å²) >= 11 is 0. The van der Waals surface area contributed by atoms with E-state index in [4.69, 9.17) is 10.5 Å². The van der Waals surface area contributed by atoms with Gasteiger partial charge in [0.15, 0.2) is 0 Å². The molecule has 120 valence electrons. The molecule has 0 spiro atoms. The van der Waals surface area contributed by atoms with Crippen LogP contribution in [0.3, 0.4) is 0 Å². The second kappa shape index (κ2) is 9.03. The van der Waals surface area contributed by atoms with Gasteiger partial charge in [-0.05, 0) is 46.6 Å². The summed E-state index contributed by atoms with van der Waals surface area (Å²) in [7, 11) is 5.94. The van der Waals surface area contributed by atoms with Gasteiger partial charge in [-0.2, -0.15) is 0 Å². The Morgan fingerprint density at radius 3 is 2.38 bits per heavy atom. The molecule has 2 N–H and O–H groups in total. The summed E-state index contributed by atoms with van der Waals surface area (Å²) in [6, 6.07) is 8.44. The van der Waals surface area contributed by atoms with Gasteiger partial charge in [-0.3, -0.25) is 4.90 Å². The first-order valence-electron chi connectivity index (χ1n) is 7.78. The lowest BCUT2D eigenvalue weighted by atomic mass is 9.97. The fraction of sp³-hybridized carbons (Fsp3) is 0.647. The molecule has 0 fully saturated rings. The van der Waals surface area contributed by atoms with Crippen molar-refractivity contribution in [3.8, 4) is 5.75 Å². The van der Waals surface area contributed by atoms with E-state index < -0.39 is 0 Å². The molecule has 1 aromatic carbocycles. The normalized spacial score (nSPS) is 14.5. The van der Waals surface area contributed by atoms with Crippen LogP contribution in [0, 0.1) is 0 Å². The molecular weight excluding hydrogens is 262 g/mol. The number of nitrogens with two attached hydrogens (primary N) is 1. The Morgan fingerprint density at radius 1 is 1.19 bits per heavy atom. The number of rotatable bonds is 9. The van der Waals surface area contributed by atoms with Gasteiger partial charge >= 0.3 is 0 Å². The van der Waals surface area contributed by atoms with Gasteiger partial charge in [-0.1, -0.05) is 25.1 Å². The molecule has 0 aromatic heterocycles. The number of methoxy groups -OCH3 is 1. The van der Waals surface area contributed by atoms with E-state index in [1.807, 2.05) is 12.1 Å². The summed E-state index contributed by atoms with van der Waals surface area (Å²) in [5.41, 5.74) is 7.47. The molecule has 0 aliphatic carbocycles. The highest BCUT2D eigenvalue weighted by molar-refractivity contribution is 5.36. The lowest BCUT2D eigenvalue weighted by Gasteiger charge is -2.34. The maximum absolute atomic E-state index is 6.29. The van der Waals surface area contributed by atoms with Gasteiger partial charge in [0, 0.05) is 18.2 Å². The predicted octanol–water partition coefficient (Wildman–Crippen LogP) is 2.36. The summed E-state index contributed by atoms with van der Waals surface area (Å²) in [5, 5.41) is 0. The fourth-order valence-electron chi connectivity index (χ4n) is 2.81. The third-order valence-corrected chi connectivity index (χ3v) is 3.81. The standard InChI is InChI=1S/C17H31N3O/c1-6-20(13-9-12-19(3)4)17(14(2)18)15-10-7-8-11-16(15)21-5/h7-8,10-11,14,17H,6,9,12-13,18H2,1-5H3. The van der Waals surface area contributed by atoms with E-state index in [1.54, 1.807) is 7.11 Å². The van der Waals surface area contributed by atoms with E-state index >= 15 is 0 Å². The van der Waals surface area contributed by atoms with E-state index in [0.717, 1.165) is 31.8 Å². The third-order valence-electron chi connectivity index (χ3n) is 3.81. The topological polar surface area (TPSA) is 41.7 Å². The van der Waals surface area contributed by atoms with Gasteiger partial charge in [-0.15, -0.1) is 0 Å². The molecule has 2 atom stereocenters. The number of para-hydroxylation sites is 1. The molecule has 0 bridgehead atoms. The lowest BCUT2D eigenvalue weighted by Crippen LogP contribution is -2.40. The molecule has 4 nitrogen and oxygen atoms in total. The van der Waals surface area contributed by atoms with Crippen LogP contribution in [0.15, 0.2) is 24.3 Å². The van der Waals surface area contributed by atoms with Crippen molar-refractivity contribution in [2.75, 3.05) is 40.8 Å². The van der Waals surface area contributed by atoms with E-state index in [-0.39, 0.29) is 12.1 Å². The first-order chi connectivity index (χ1) is 10.0. The summed E-state index contributed by atoms with van der Waals surface area (Å²) in [4.78, 5) is 4.67. The van der Waals surface area contributed by atoms with Crippen LogP contribution in [0.1, 0.15) is 31.9 Å². The smallest absolute Gasteiger partial charge is 0.123 e. The van der Waals surface area contributed by atoms with Gasteiger partial charge in [0.1, 0.15) is 5.75 Å². The lowest BCUT2D eigenvalue weighted by molar-refractivity contribution is 0.174. The fourth-order valence-corrected chi connectivity index (χ4v) is 2.81. The SMILES string of the molecule is CCN(CCCN(C)C)C(c1ccccc1OC)C(C)N. The largest absolute Gasteiger partial charge is 0.496 e. The zero-order valence-electron chi connectivity index (χ0n) is 14.2. The van der Waals surface area contributed by atoms with Crippen LogP contribution in [-0.4, -0.2) is 56.7 Å². The minimum atomic E-state index is 0.0561. The molecule has 0 saturated heterocycles. The van der Waals surface area contributed by atoms with Crippen LogP contribution in [0.4, 0.5) is 0 Å². The van der Waals surface area contributed by atoms with Crippen molar-refractivity contribution >= 4 is 0 Å². The summed E-state index contributed by atoms with van der Waals surface area (Å²) in [5.74, 6) is 0.922. The highest BCUT2D eigenvalue weighted by Gasteiger charge is 2.25. The van der Waals surface area contributed by atoms with Gasteiger partial charge in [0.25, 0.3) is 0 Å². The van der Waals surface area contributed by atoms with Crippen molar-refractivity contribution in [1.82, 2.24) is 9.80 Å². The van der Waals surface area contributed by atoms with Crippen LogP contribution < -0.4 is 10.5 Å². The molecule has 0 aliphatic rings. The van der Waals surface area contributed by atoms with Crippen LogP contribution in [0.2, 0.25) is 0 Å². The van der Waals surface area contributed by atoms with E-state index in [1.165, 1.54) is 5.56 Å². The minimum absolute atomic E-state index is 0.0561. The van der Waals surface area contributed by atoms with Crippen LogP contribution in [0.5, 0.6) is 5.75 Å². The quantitative estimate of drug-likeness (QED) is 0.759. The maximum Gasteiger partial charge on any atom is 0.123 e. The summed E-state index contributed by atoms with van der Waals surface area (Å²) in [6.07, 6.45) is 1.14. The molecule has 0 aliphatic heterocycles. The molecule has 0 radical (unpaired) electrons. The molecule has 1 rings (SSSR count). The second-order valence-electron chi connectivity index (χ2n) is 5.83. The van der Waals surface area contributed by atoms with Crippen LogP contribution in [0.25, 0.3) is 0 Å². The molecule has 0 heterocycles. The van der Waals surface area contributed by atoms with E-state index in [2.05, 4.69) is 49.9 Å². The zero-order chi connectivity index (χ0) is 15.8. The van der Waals surface area contributed by atoms with Gasteiger partial charge in [0.2, 0.25) is 0 Å². The highest BCUT2D eigenvalue weighted by atomic mass is 16.5. The van der Waals surface area contributed by atoms with Crippen molar-refractivity contribution in [1.29, 1.82) is 0 Å². The van der Waals surface area contributed by atoms with Crippen LogP contribution >= 0.6 is 0 Å². The van der Waals surface area contributed by atoms with Crippen molar-refractivity contribution in [2.45, 2.75) is 32.4 Å². The molecule has 4 heteroatoms. The number of hydrogen-bond acceptors (Lipinski definition) is 4. The molecule has 0 amide bonds. The van der Waals surface area contributed by atoms with Crippen molar-refractivity contribution < 1.29 is 4.74 Å². The third kappa shape index (κ3) is 5.30. The van der Waals surface area contributed by atoms with Crippen molar-refractivity contribution in [3.63, 3.8) is 0 Å². The molecule has 1 aromatic rings. The highest BCUT2D eigenvalue weighted by Crippen LogP contribution is 2.31. The van der Waals surface area contributed by atoms with Crippen molar-refractivity contribution in [2.24, 2.45) is 5.73 Å². The molecular formula is C17H31N3O. The zero-order valence-corrected chi connectivity index (χ0v) is 14.2. The number of nitrogens with zero attached hydrogens (tertiary/aromatic N) is 2. The Kier molecular flexibility index (Phi) is 7.72. The first-order valence-corrected chi connectivity index (χ1v) is 7.78. The van der Waals surface area contributed by atoms with E-state index in [9.17, 15) is 0 Å². The Balaban J connectivity index is 2.92. The maximum atomic E-state index is 6.29. The molecule has 21 heavy (non-hydrogen) atoms. The Morgan fingerprint density at radius 2 is 1.86 bits per heavy atom. The van der Waals surface area contributed by atoms with Crippen LogP contribution in [-0.2, 0) is 0 Å². The van der Waals surface area contributed by atoms with Gasteiger partial charge in [-0.25, -0.2) is 0 Å². The summed E-state index contributed by atoms with van der Waals surface area (Å²) < 4.78 is 5.52. The number of ether oxygens (including phenoxy) is 1. The van der Waals surface area contributed by atoms with Gasteiger partial charge < -0.3 is 15.4 Å². The first kappa shape index (κ1) is 18.0. The second-order valence-corrected chi connectivity index (χ2v) is 5.83. The Hall–Kier alpha value is -1.10. The average molecular weight is 293 g/mol. The molecule has 2 unspecified atom stereocenters.